The Kier molecular flexibility index (Phi) is 5.43. The number of pyridine rings is 1. The number of benzene rings is 1. The van der Waals surface area contributed by atoms with Gasteiger partial charge in [-0.25, -0.2) is 9.37 Å². The van der Waals surface area contributed by atoms with Crippen LogP contribution in [-0.4, -0.2) is 16.5 Å². The van der Waals surface area contributed by atoms with Gasteiger partial charge in [0.1, 0.15) is 16.2 Å². The molecule has 2 aromatic rings. The summed E-state index contributed by atoms with van der Waals surface area (Å²) in [4.78, 5) is 16.8. The first kappa shape index (κ1) is 16.4. The maximum absolute atomic E-state index is 13.0. The van der Waals surface area contributed by atoms with E-state index in [2.05, 4.69) is 20.9 Å². The van der Waals surface area contributed by atoms with Crippen molar-refractivity contribution in [3.05, 3.63) is 62.5 Å². The van der Waals surface area contributed by atoms with Gasteiger partial charge in [-0.05, 0) is 40.0 Å². The molecule has 0 aliphatic rings. The van der Waals surface area contributed by atoms with E-state index >= 15 is 0 Å². The van der Waals surface area contributed by atoms with Crippen molar-refractivity contribution < 1.29 is 9.31 Å². The Morgan fingerprint density at radius 3 is 2.59 bits per heavy atom. The van der Waals surface area contributed by atoms with E-state index < -0.39 is 4.92 Å². The molecule has 0 fully saturated rings. The molecule has 7 heteroatoms. The Labute approximate surface area is 136 Å². The quantitative estimate of drug-likeness (QED) is 0.433. The monoisotopic (exact) mass is 367 g/mol. The minimum Gasteiger partial charge on any atom is -0.352 e. The number of hydrogen-bond acceptors (Lipinski definition) is 4. The Balaban J connectivity index is 2.30. The van der Waals surface area contributed by atoms with Gasteiger partial charge >= 0.3 is 0 Å². The molecule has 0 spiro atoms. The van der Waals surface area contributed by atoms with Crippen LogP contribution < -0.4 is 4.90 Å². The molecule has 0 saturated carbocycles. The summed E-state index contributed by atoms with van der Waals surface area (Å²) in [6, 6.07) is 9.01. The van der Waals surface area contributed by atoms with Crippen molar-refractivity contribution in [2.24, 2.45) is 0 Å². The first-order valence-electron chi connectivity index (χ1n) is 6.81. The number of anilines is 1. The maximum Gasteiger partial charge on any atom is 0.275 e. The molecule has 116 valence electrons. The zero-order chi connectivity index (χ0) is 16.1. The second kappa shape index (κ2) is 7.31. The summed E-state index contributed by atoms with van der Waals surface area (Å²) >= 11 is 3.20. The number of halogens is 2. The van der Waals surface area contributed by atoms with E-state index in [0.717, 1.165) is 12.0 Å². The third kappa shape index (κ3) is 4.24. The molecule has 2 rings (SSSR count). The molecule has 0 N–H and O–H groups in total. The predicted octanol–water partition coefficient (Wildman–Crippen LogP) is 4.31. The highest BCUT2D eigenvalue weighted by Gasteiger charge is 2.15. The van der Waals surface area contributed by atoms with E-state index in [1.807, 2.05) is 11.8 Å². The van der Waals surface area contributed by atoms with Gasteiger partial charge < -0.3 is 4.90 Å². The van der Waals surface area contributed by atoms with Gasteiger partial charge in [0.05, 0.1) is 11.0 Å². The van der Waals surface area contributed by atoms with Crippen LogP contribution in [-0.2, 0) is 6.54 Å². The lowest BCUT2D eigenvalue weighted by atomic mass is 10.2. The first-order chi connectivity index (χ1) is 10.5. The van der Waals surface area contributed by atoms with Gasteiger partial charge in [0.15, 0.2) is 0 Å². The van der Waals surface area contributed by atoms with Crippen molar-refractivity contribution >= 4 is 27.4 Å². The molecule has 0 aliphatic heterocycles. The maximum atomic E-state index is 13.0. The largest absolute Gasteiger partial charge is 0.352 e. The SMILES string of the molecule is CCCN(Cc1ccc(F)cc1)c1cc([N+](=O)[O-])cc(Br)n1. The van der Waals surface area contributed by atoms with Crippen LogP contribution >= 0.6 is 15.9 Å². The van der Waals surface area contributed by atoms with Crippen LogP contribution in [0.15, 0.2) is 41.0 Å². The Morgan fingerprint density at radius 1 is 1.32 bits per heavy atom. The molecule has 0 aliphatic carbocycles. The average Bonchev–Trinajstić information content (AvgIpc) is 2.48. The lowest BCUT2D eigenvalue weighted by Crippen LogP contribution is -2.24. The van der Waals surface area contributed by atoms with Crippen molar-refractivity contribution in [3.8, 4) is 0 Å². The van der Waals surface area contributed by atoms with Crippen LogP contribution in [0.3, 0.4) is 0 Å². The average molecular weight is 368 g/mol. The fourth-order valence-electron chi connectivity index (χ4n) is 2.09. The molecule has 1 aromatic carbocycles. The highest BCUT2D eigenvalue weighted by molar-refractivity contribution is 9.10. The van der Waals surface area contributed by atoms with Crippen molar-refractivity contribution in [1.82, 2.24) is 4.98 Å². The highest BCUT2D eigenvalue weighted by Crippen LogP contribution is 2.25. The molecule has 0 saturated heterocycles. The lowest BCUT2D eigenvalue weighted by Gasteiger charge is -2.23. The Morgan fingerprint density at radius 2 is 2.00 bits per heavy atom. The normalized spacial score (nSPS) is 10.5. The number of rotatable bonds is 6. The molecule has 5 nitrogen and oxygen atoms in total. The summed E-state index contributed by atoms with van der Waals surface area (Å²) in [5.74, 6) is 0.231. The van der Waals surface area contributed by atoms with E-state index in [4.69, 9.17) is 0 Å². The van der Waals surface area contributed by atoms with Crippen LogP contribution in [0.4, 0.5) is 15.9 Å². The van der Waals surface area contributed by atoms with Gasteiger partial charge in [0.2, 0.25) is 0 Å². The molecule has 1 aromatic heterocycles. The van der Waals surface area contributed by atoms with Crippen LogP contribution in [0.25, 0.3) is 0 Å². The van der Waals surface area contributed by atoms with Gasteiger partial charge in [-0.15, -0.1) is 0 Å². The summed E-state index contributed by atoms with van der Waals surface area (Å²) in [6.07, 6.45) is 0.864. The van der Waals surface area contributed by atoms with Gasteiger partial charge in [-0.3, -0.25) is 10.1 Å². The second-order valence-corrected chi connectivity index (χ2v) is 5.62. The predicted molar refractivity (Wildman–Crippen MR) is 86.3 cm³/mol. The topological polar surface area (TPSA) is 59.3 Å². The molecule has 0 atom stereocenters. The Hall–Kier alpha value is -2.02. The number of aromatic nitrogens is 1. The van der Waals surface area contributed by atoms with Crippen molar-refractivity contribution in [1.29, 1.82) is 0 Å². The first-order valence-corrected chi connectivity index (χ1v) is 7.60. The van der Waals surface area contributed by atoms with E-state index in [0.29, 0.717) is 23.5 Å². The van der Waals surface area contributed by atoms with Crippen molar-refractivity contribution in [3.63, 3.8) is 0 Å². The summed E-state index contributed by atoms with van der Waals surface area (Å²) < 4.78 is 13.4. The molecule has 0 radical (unpaired) electrons. The van der Waals surface area contributed by atoms with Gasteiger partial charge in [0, 0.05) is 19.2 Å². The molecule has 0 unspecified atom stereocenters. The van der Waals surface area contributed by atoms with Gasteiger partial charge in [-0.1, -0.05) is 19.1 Å². The van der Waals surface area contributed by atoms with E-state index in [9.17, 15) is 14.5 Å². The standard InChI is InChI=1S/C15H15BrFN3O2/c1-2-7-19(10-11-3-5-12(17)6-4-11)15-9-13(20(21)22)8-14(16)18-15/h3-6,8-9H,2,7,10H2,1H3. The van der Waals surface area contributed by atoms with Crippen LogP contribution in [0.5, 0.6) is 0 Å². The summed E-state index contributed by atoms with van der Waals surface area (Å²) in [6.45, 7) is 3.22. The molecular weight excluding hydrogens is 353 g/mol. The molecule has 0 bridgehead atoms. The van der Waals surface area contributed by atoms with Gasteiger partial charge in [0.25, 0.3) is 5.69 Å². The van der Waals surface area contributed by atoms with Crippen LogP contribution in [0.2, 0.25) is 0 Å². The summed E-state index contributed by atoms with van der Waals surface area (Å²) in [5.41, 5.74) is 0.899. The van der Waals surface area contributed by atoms with Crippen LogP contribution in [0, 0.1) is 15.9 Å². The fourth-order valence-corrected chi connectivity index (χ4v) is 2.51. The highest BCUT2D eigenvalue weighted by atomic mass is 79.9. The molecule has 0 amide bonds. The molecule has 22 heavy (non-hydrogen) atoms. The summed E-state index contributed by atoms with van der Waals surface area (Å²) in [5, 5.41) is 11.0. The number of nitro groups is 1. The minimum atomic E-state index is -0.446. The third-order valence-corrected chi connectivity index (χ3v) is 3.49. The van der Waals surface area contributed by atoms with Crippen molar-refractivity contribution in [2.45, 2.75) is 19.9 Å². The number of nitrogens with zero attached hydrogens (tertiary/aromatic N) is 3. The molecule has 1 heterocycles. The Bertz CT molecular complexity index is 664. The third-order valence-electron chi connectivity index (χ3n) is 3.08. The van der Waals surface area contributed by atoms with Crippen LogP contribution in [0.1, 0.15) is 18.9 Å². The number of hydrogen-bond donors (Lipinski definition) is 0. The summed E-state index contributed by atoms with van der Waals surface area (Å²) in [7, 11) is 0. The van der Waals surface area contributed by atoms with E-state index in [-0.39, 0.29) is 11.5 Å². The lowest BCUT2D eigenvalue weighted by molar-refractivity contribution is -0.384. The zero-order valence-electron chi connectivity index (χ0n) is 12.0. The van der Waals surface area contributed by atoms with E-state index in [1.54, 1.807) is 12.1 Å². The smallest absolute Gasteiger partial charge is 0.275 e. The molecular formula is C15H15BrFN3O2. The van der Waals surface area contributed by atoms with E-state index in [1.165, 1.54) is 24.3 Å². The van der Waals surface area contributed by atoms with Crippen molar-refractivity contribution in [2.75, 3.05) is 11.4 Å². The minimum absolute atomic E-state index is 0.0166. The fraction of sp³-hybridized carbons (Fsp3) is 0.267. The van der Waals surface area contributed by atoms with Gasteiger partial charge in [-0.2, -0.15) is 0 Å². The second-order valence-electron chi connectivity index (χ2n) is 4.81. The zero-order valence-corrected chi connectivity index (χ0v) is 13.6.